The quantitative estimate of drug-likeness (QED) is 0.646. The molecular formula is C21H21ClF3N5O. The van der Waals surface area contributed by atoms with E-state index in [0.29, 0.717) is 38.3 Å². The molecule has 4 rings (SSSR count). The van der Waals surface area contributed by atoms with Crippen LogP contribution in [0.4, 0.5) is 19.0 Å². The van der Waals surface area contributed by atoms with Gasteiger partial charge in [-0.3, -0.25) is 4.79 Å². The maximum Gasteiger partial charge on any atom is 0.417 e. The van der Waals surface area contributed by atoms with Gasteiger partial charge in [0.2, 0.25) is 5.91 Å². The van der Waals surface area contributed by atoms with E-state index in [1.807, 2.05) is 40.8 Å². The third-order valence-electron chi connectivity index (χ3n) is 5.61. The van der Waals surface area contributed by atoms with Crippen molar-refractivity contribution < 1.29 is 18.0 Å². The van der Waals surface area contributed by atoms with Crippen molar-refractivity contribution in [3.63, 3.8) is 0 Å². The van der Waals surface area contributed by atoms with Crippen LogP contribution in [0.25, 0.3) is 11.0 Å². The Morgan fingerprint density at radius 3 is 2.61 bits per heavy atom. The Kier molecular flexibility index (Phi) is 5.79. The Hall–Kier alpha value is -2.81. The molecule has 0 unspecified atom stereocenters. The fourth-order valence-electron chi connectivity index (χ4n) is 3.84. The number of nitrogens with zero attached hydrogens (tertiary/aromatic N) is 4. The summed E-state index contributed by atoms with van der Waals surface area (Å²) in [5.74, 6) is 0.846. The van der Waals surface area contributed by atoms with Gasteiger partial charge in [0, 0.05) is 32.3 Å². The van der Waals surface area contributed by atoms with Crippen molar-refractivity contribution in [1.82, 2.24) is 19.9 Å². The molecule has 1 fully saturated rings. The first-order valence-electron chi connectivity index (χ1n) is 9.90. The lowest BCUT2D eigenvalue weighted by molar-refractivity contribution is -0.137. The summed E-state index contributed by atoms with van der Waals surface area (Å²) >= 11 is 6.04. The number of para-hydroxylation sites is 2. The van der Waals surface area contributed by atoms with E-state index in [1.165, 1.54) is 0 Å². The average molecular weight is 452 g/mol. The van der Waals surface area contributed by atoms with Crippen LogP contribution in [-0.2, 0) is 24.6 Å². The molecule has 6 nitrogen and oxygen atoms in total. The fourth-order valence-corrected chi connectivity index (χ4v) is 4.12. The van der Waals surface area contributed by atoms with Gasteiger partial charge in [0.15, 0.2) is 0 Å². The number of hydrogen-bond acceptors (Lipinski definition) is 4. The van der Waals surface area contributed by atoms with Gasteiger partial charge in [0.25, 0.3) is 0 Å². The molecule has 1 aromatic carbocycles. The number of halogens is 4. The lowest BCUT2D eigenvalue weighted by Crippen LogP contribution is -2.41. The van der Waals surface area contributed by atoms with Crippen molar-refractivity contribution in [1.29, 1.82) is 0 Å². The van der Waals surface area contributed by atoms with Crippen LogP contribution in [0.2, 0.25) is 5.02 Å². The number of nitrogens with one attached hydrogen (secondary N) is 1. The van der Waals surface area contributed by atoms with E-state index in [-0.39, 0.29) is 16.8 Å². The van der Waals surface area contributed by atoms with Gasteiger partial charge >= 0.3 is 6.18 Å². The second kappa shape index (κ2) is 8.37. The van der Waals surface area contributed by atoms with Crippen molar-refractivity contribution in [2.45, 2.75) is 25.6 Å². The maximum atomic E-state index is 12.8. The second-order valence-electron chi connectivity index (χ2n) is 7.58. The number of aryl methyl sites for hydroxylation is 1. The first-order chi connectivity index (χ1) is 14.7. The standard InChI is InChI=1S/C21H21ClF3N5O/c1-29-17-5-3-2-4-16(17)28-18(29)12-27-20(31)13-6-8-30(9-7-13)19-15(22)10-14(11-26-19)21(23,24)25/h2-5,10-11,13H,6-9,12H2,1H3,(H,27,31). The van der Waals surface area contributed by atoms with Gasteiger partial charge in [0.1, 0.15) is 11.6 Å². The van der Waals surface area contributed by atoms with E-state index in [2.05, 4.69) is 15.3 Å². The van der Waals surface area contributed by atoms with Crippen LogP contribution in [-0.4, -0.2) is 33.5 Å². The summed E-state index contributed by atoms with van der Waals surface area (Å²) in [6.45, 7) is 1.31. The van der Waals surface area contributed by atoms with E-state index >= 15 is 0 Å². The normalized spacial score (nSPS) is 15.5. The van der Waals surface area contributed by atoms with Crippen molar-refractivity contribution in [2.24, 2.45) is 13.0 Å². The molecule has 1 aliphatic rings. The molecule has 3 aromatic rings. The number of carbonyl (C=O) groups excluding carboxylic acids is 1. The fraction of sp³-hybridized carbons (Fsp3) is 0.381. The van der Waals surface area contributed by atoms with Crippen molar-refractivity contribution in [3.8, 4) is 0 Å². The Morgan fingerprint density at radius 2 is 1.97 bits per heavy atom. The highest BCUT2D eigenvalue weighted by molar-refractivity contribution is 6.33. The van der Waals surface area contributed by atoms with Gasteiger partial charge in [-0.25, -0.2) is 9.97 Å². The molecule has 164 valence electrons. The topological polar surface area (TPSA) is 63.1 Å². The Morgan fingerprint density at radius 1 is 1.26 bits per heavy atom. The number of amides is 1. The van der Waals surface area contributed by atoms with Crippen LogP contribution >= 0.6 is 11.6 Å². The average Bonchev–Trinajstić information content (AvgIpc) is 3.07. The summed E-state index contributed by atoms with van der Waals surface area (Å²) in [5, 5.41) is 2.91. The predicted molar refractivity (Wildman–Crippen MR) is 112 cm³/mol. The number of anilines is 1. The molecule has 1 amide bonds. The number of imidazole rings is 1. The summed E-state index contributed by atoms with van der Waals surface area (Å²) in [4.78, 5) is 22.9. The molecule has 0 aliphatic carbocycles. The zero-order chi connectivity index (χ0) is 22.2. The van der Waals surface area contributed by atoms with E-state index in [0.717, 1.165) is 29.1 Å². The van der Waals surface area contributed by atoms with Crippen molar-refractivity contribution in [3.05, 3.63) is 52.9 Å². The highest BCUT2D eigenvalue weighted by Gasteiger charge is 2.33. The lowest BCUT2D eigenvalue weighted by atomic mass is 9.96. The van der Waals surface area contributed by atoms with Crippen LogP contribution < -0.4 is 10.2 Å². The van der Waals surface area contributed by atoms with Gasteiger partial charge in [-0.05, 0) is 31.0 Å². The number of aromatic nitrogens is 3. The van der Waals surface area contributed by atoms with Crippen LogP contribution in [0.15, 0.2) is 36.5 Å². The summed E-state index contributed by atoms with van der Waals surface area (Å²) in [5.41, 5.74) is 1.00. The van der Waals surface area contributed by atoms with Gasteiger partial charge in [-0.15, -0.1) is 0 Å². The molecule has 1 aliphatic heterocycles. The third kappa shape index (κ3) is 4.46. The van der Waals surface area contributed by atoms with E-state index < -0.39 is 11.7 Å². The molecule has 31 heavy (non-hydrogen) atoms. The van der Waals surface area contributed by atoms with Crippen LogP contribution in [0.1, 0.15) is 24.2 Å². The van der Waals surface area contributed by atoms with E-state index in [9.17, 15) is 18.0 Å². The molecule has 10 heteroatoms. The summed E-state index contributed by atoms with van der Waals surface area (Å²) < 4.78 is 40.4. The summed E-state index contributed by atoms with van der Waals surface area (Å²) in [7, 11) is 1.91. The third-order valence-corrected chi connectivity index (χ3v) is 5.89. The van der Waals surface area contributed by atoms with Crippen LogP contribution in [0.3, 0.4) is 0 Å². The predicted octanol–water partition coefficient (Wildman–Crippen LogP) is 4.17. The second-order valence-corrected chi connectivity index (χ2v) is 7.99. The van der Waals surface area contributed by atoms with Crippen LogP contribution in [0, 0.1) is 5.92 Å². The molecule has 1 saturated heterocycles. The van der Waals surface area contributed by atoms with Crippen molar-refractivity contribution >= 4 is 34.4 Å². The van der Waals surface area contributed by atoms with E-state index in [1.54, 1.807) is 0 Å². The molecule has 0 radical (unpaired) electrons. The van der Waals surface area contributed by atoms with Gasteiger partial charge in [-0.1, -0.05) is 23.7 Å². The lowest BCUT2D eigenvalue weighted by Gasteiger charge is -2.32. The number of rotatable bonds is 4. The zero-order valence-corrected chi connectivity index (χ0v) is 17.5. The summed E-state index contributed by atoms with van der Waals surface area (Å²) in [6, 6.07) is 8.65. The Balaban J connectivity index is 1.34. The highest BCUT2D eigenvalue weighted by atomic mass is 35.5. The Bertz CT molecular complexity index is 1110. The van der Waals surface area contributed by atoms with Crippen molar-refractivity contribution in [2.75, 3.05) is 18.0 Å². The van der Waals surface area contributed by atoms with Gasteiger partial charge in [-0.2, -0.15) is 13.2 Å². The Labute approximate surface area is 182 Å². The van der Waals surface area contributed by atoms with Crippen LogP contribution in [0.5, 0.6) is 0 Å². The number of benzene rings is 1. The SMILES string of the molecule is Cn1c(CNC(=O)C2CCN(c3ncc(C(F)(F)F)cc3Cl)CC2)nc2ccccc21. The molecule has 0 bridgehead atoms. The summed E-state index contributed by atoms with van der Waals surface area (Å²) in [6.07, 6.45) is -2.57. The molecule has 1 N–H and O–H groups in total. The minimum Gasteiger partial charge on any atom is -0.355 e. The maximum absolute atomic E-state index is 12.8. The molecule has 3 heterocycles. The van der Waals surface area contributed by atoms with Gasteiger partial charge < -0.3 is 14.8 Å². The number of carbonyl (C=O) groups is 1. The number of pyridine rings is 1. The molecular weight excluding hydrogens is 431 g/mol. The number of hydrogen-bond donors (Lipinski definition) is 1. The minimum absolute atomic E-state index is 0.0421. The van der Waals surface area contributed by atoms with Gasteiger partial charge in [0.05, 0.1) is 28.2 Å². The zero-order valence-electron chi connectivity index (χ0n) is 16.8. The molecule has 0 spiro atoms. The number of piperidine rings is 1. The number of fused-ring (bicyclic) bond motifs is 1. The number of alkyl halides is 3. The van der Waals surface area contributed by atoms with E-state index in [4.69, 9.17) is 11.6 Å². The molecule has 0 atom stereocenters. The molecule has 0 saturated carbocycles. The largest absolute Gasteiger partial charge is 0.417 e. The highest BCUT2D eigenvalue weighted by Crippen LogP contribution is 2.34. The first-order valence-corrected chi connectivity index (χ1v) is 10.3. The minimum atomic E-state index is -4.49. The molecule has 2 aromatic heterocycles. The monoisotopic (exact) mass is 451 g/mol. The smallest absolute Gasteiger partial charge is 0.355 e. The first kappa shape index (κ1) is 21.4.